The zero-order valence-electron chi connectivity index (χ0n) is 30.2. The molecule has 1 aromatic rings. The van der Waals surface area contributed by atoms with Gasteiger partial charge in [0.2, 0.25) is 0 Å². The fourth-order valence-electron chi connectivity index (χ4n) is 4.90. The van der Waals surface area contributed by atoms with Gasteiger partial charge in [0.05, 0.1) is 0 Å². The van der Waals surface area contributed by atoms with Gasteiger partial charge in [-0.2, -0.15) is 0 Å². The molecule has 0 heterocycles. The minimum atomic E-state index is 0.177. The molecule has 2 atom stereocenters. The Balaban J connectivity index is 0.000000778. The Kier molecular flexibility index (Phi) is 14.7. The van der Waals surface area contributed by atoms with Gasteiger partial charge in [0.25, 0.3) is 0 Å². The molecule has 0 saturated carbocycles. The highest BCUT2D eigenvalue weighted by atomic mass is 14.9. The third-order valence-corrected chi connectivity index (χ3v) is 7.42. The van der Waals surface area contributed by atoms with E-state index in [1.807, 2.05) is 0 Å². The zero-order chi connectivity index (χ0) is 31.7. The summed E-state index contributed by atoms with van der Waals surface area (Å²) in [5, 5.41) is 6.95. The van der Waals surface area contributed by atoms with Crippen molar-refractivity contribution in [3.8, 4) is 0 Å². The Bertz CT molecular complexity index is 896. The number of benzene rings is 1. The molecule has 2 N–H and O–H groups in total. The predicted octanol–water partition coefficient (Wildman–Crippen LogP) is 10.9. The molecule has 0 aromatic heterocycles. The summed E-state index contributed by atoms with van der Waals surface area (Å²) >= 11 is 0. The van der Waals surface area contributed by atoms with E-state index in [-0.39, 0.29) is 16.2 Å². The van der Waals surface area contributed by atoms with Gasteiger partial charge in [-0.05, 0) is 89.6 Å². The quantitative estimate of drug-likeness (QED) is 0.312. The van der Waals surface area contributed by atoms with Crippen molar-refractivity contribution in [3.05, 3.63) is 58.7 Å². The second kappa shape index (κ2) is 15.2. The van der Waals surface area contributed by atoms with E-state index >= 15 is 0 Å². The minimum Gasteiger partial charge on any atom is -0.317 e. The van der Waals surface area contributed by atoms with E-state index in [9.17, 15) is 0 Å². The highest BCUT2D eigenvalue weighted by molar-refractivity contribution is 5.38. The van der Waals surface area contributed by atoms with Crippen LogP contribution < -0.4 is 10.6 Å². The number of nitrogens with one attached hydrogen (secondary N) is 2. The molecule has 0 spiro atoms. The summed E-state index contributed by atoms with van der Waals surface area (Å²) in [6.45, 7) is 36.6. The minimum absolute atomic E-state index is 0.177. The van der Waals surface area contributed by atoms with Gasteiger partial charge in [-0.1, -0.05) is 140 Å². The van der Waals surface area contributed by atoms with Gasteiger partial charge in [0.1, 0.15) is 0 Å². The van der Waals surface area contributed by atoms with Crippen LogP contribution in [0.5, 0.6) is 0 Å². The summed E-state index contributed by atoms with van der Waals surface area (Å²) in [6, 6.07) is 8.18. The standard InChI is InChI=1S/C21H37N.C17H33N/c1-19(2,3)14-18(22-10)15-11-16(20(4,5)6)13-17(12-15)21(7,8)9;1-9-14(17(5,6)7)11-10-12-15(18-8)13-16(2,3)4/h11-13,18,22H,14H2,1-10H3;9-11,15,18H,12-13H2,1-8H3/b;11-10-,14-9+. The maximum atomic E-state index is 3.53. The van der Waals surface area contributed by atoms with Crippen molar-refractivity contribution in [2.24, 2.45) is 16.2 Å². The van der Waals surface area contributed by atoms with E-state index < -0.39 is 0 Å². The summed E-state index contributed by atoms with van der Waals surface area (Å²) < 4.78 is 0. The highest BCUT2D eigenvalue weighted by Gasteiger charge is 2.25. The van der Waals surface area contributed by atoms with Crippen molar-refractivity contribution in [3.63, 3.8) is 0 Å². The third kappa shape index (κ3) is 15.6. The van der Waals surface area contributed by atoms with Gasteiger partial charge < -0.3 is 10.6 Å². The smallest absolute Gasteiger partial charge is 0.0322 e. The van der Waals surface area contributed by atoms with E-state index in [0.29, 0.717) is 22.9 Å². The van der Waals surface area contributed by atoms with Crippen LogP contribution in [0.3, 0.4) is 0 Å². The van der Waals surface area contributed by atoms with Gasteiger partial charge in [-0.25, -0.2) is 0 Å². The molecule has 0 bridgehead atoms. The second-order valence-electron chi connectivity index (χ2n) is 17.3. The maximum Gasteiger partial charge on any atom is 0.0322 e. The first-order chi connectivity index (χ1) is 17.8. The molecule has 232 valence electrons. The van der Waals surface area contributed by atoms with Crippen molar-refractivity contribution in [1.82, 2.24) is 10.6 Å². The average molecular weight is 555 g/mol. The Morgan fingerprint density at radius 2 is 1.12 bits per heavy atom. The highest BCUT2D eigenvalue weighted by Crippen LogP contribution is 2.35. The first-order valence-corrected chi connectivity index (χ1v) is 15.7. The van der Waals surface area contributed by atoms with Crippen LogP contribution in [0.2, 0.25) is 0 Å². The normalized spacial score (nSPS) is 15.6. The molecule has 0 aliphatic heterocycles. The molecule has 0 radical (unpaired) electrons. The number of hydrogen-bond acceptors (Lipinski definition) is 2. The van der Waals surface area contributed by atoms with Crippen LogP contribution in [0.15, 0.2) is 42.0 Å². The molecule has 2 unspecified atom stereocenters. The average Bonchev–Trinajstić information content (AvgIpc) is 2.76. The predicted molar refractivity (Wildman–Crippen MR) is 184 cm³/mol. The SMILES string of the molecule is C/C=C(\C=C/CC(CC(C)(C)C)NC)C(C)(C)C.CNC(CC(C)(C)C)c1cc(C(C)(C)C)cc(C(C)(C)C)c1. The van der Waals surface area contributed by atoms with Gasteiger partial charge >= 0.3 is 0 Å². The Hall–Kier alpha value is -1.38. The van der Waals surface area contributed by atoms with Crippen LogP contribution in [-0.2, 0) is 10.8 Å². The summed E-state index contributed by atoms with van der Waals surface area (Å²) in [7, 11) is 4.14. The summed E-state index contributed by atoms with van der Waals surface area (Å²) in [4.78, 5) is 0. The fourth-order valence-corrected chi connectivity index (χ4v) is 4.90. The maximum absolute atomic E-state index is 3.53. The molecule has 0 aliphatic carbocycles. The molecular weight excluding hydrogens is 484 g/mol. The molecule has 0 amide bonds. The van der Waals surface area contributed by atoms with E-state index in [1.54, 1.807) is 0 Å². The summed E-state index contributed by atoms with van der Waals surface area (Å²) in [5.41, 5.74) is 7.00. The molecule has 2 heteroatoms. The van der Waals surface area contributed by atoms with E-state index in [1.165, 1.54) is 28.7 Å². The molecule has 0 saturated heterocycles. The molecule has 0 fully saturated rings. The van der Waals surface area contributed by atoms with E-state index in [0.717, 1.165) is 12.8 Å². The fraction of sp³-hybridized carbons (Fsp3) is 0.737. The topological polar surface area (TPSA) is 24.1 Å². The van der Waals surface area contributed by atoms with Crippen molar-refractivity contribution >= 4 is 0 Å². The lowest BCUT2D eigenvalue weighted by molar-refractivity contribution is 0.318. The van der Waals surface area contributed by atoms with Crippen molar-refractivity contribution in [2.75, 3.05) is 14.1 Å². The lowest BCUT2D eigenvalue weighted by atomic mass is 9.77. The van der Waals surface area contributed by atoms with Crippen LogP contribution in [0.1, 0.15) is 153 Å². The van der Waals surface area contributed by atoms with Crippen LogP contribution in [0, 0.1) is 16.2 Å². The van der Waals surface area contributed by atoms with E-state index in [4.69, 9.17) is 0 Å². The van der Waals surface area contributed by atoms with Crippen LogP contribution >= 0.6 is 0 Å². The lowest BCUT2D eigenvalue weighted by Gasteiger charge is -2.30. The van der Waals surface area contributed by atoms with Crippen molar-refractivity contribution < 1.29 is 0 Å². The van der Waals surface area contributed by atoms with Gasteiger partial charge in [-0.3, -0.25) is 0 Å². The third-order valence-electron chi connectivity index (χ3n) is 7.42. The first kappa shape index (κ1) is 38.6. The molecule has 1 rings (SSSR count). The number of rotatable bonds is 8. The van der Waals surface area contributed by atoms with Crippen LogP contribution in [0.4, 0.5) is 0 Å². The molecule has 1 aromatic carbocycles. The molecule has 40 heavy (non-hydrogen) atoms. The van der Waals surface area contributed by atoms with Crippen molar-refractivity contribution in [1.29, 1.82) is 0 Å². The molecule has 0 aliphatic rings. The summed E-state index contributed by atoms with van der Waals surface area (Å²) in [6.07, 6.45) is 10.3. The van der Waals surface area contributed by atoms with Crippen LogP contribution in [-0.4, -0.2) is 20.1 Å². The van der Waals surface area contributed by atoms with E-state index in [2.05, 4.69) is 172 Å². The molecule has 2 nitrogen and oxygen atoms in total. The Morgan fingerprint density at radius 1 is 0.675 bits per heavy atom. The van der Waals surface area contributed by atoms with Crippen LogP contribution in [0.25, 0.3) is 0 Å². The largest absolute Gasteiger partial charge is 0.317 e. The number of hydrogen-bond donors (Lipinski definition) is 2. The lowest BCUT2D eigenvalue weighted by Crippen LogP contribution is -2.29. The molecular formula is C38H70N2. The Morgan fingerprint density at radius 3 is 1.43 bits per heavy atom. The first-order valence-electron chi connectivity index (χ1n) is 15.7. The van der Waals surface area contributed by atoms with Gasteiger partial charge in [0, 0.05) is 12.1 Å². The number of allylic oxidation sites excluding steroid dienone is 3. The van der Waals surface area contributed by atoms with Crippen molar-refractivity contribution in [2.45, 2.75) is 153 Å². The van der Waals surface area contributed by atoms with Gasteiger partial charge in [0.15, 0.2) is 0 Å². The second-order valence-corrected chi connectivity index (χ2v) is 17.3. The Labute approximate surface area is 252 Å². The van der Waals surface area contributed by atoms with Gasteiger partial charge in [-0.15, -0.1) is 0 Å². The zero-order valence-corrected chi connectivity index (χ0v) is 30.2. The summed E-state index contributed by atoms with van der Waals surface area (Å²) in [5.74, 6) is 0. The monoisotopic (exact) mass is 555 g/mol.